The average Bonchev–Trinajstić information content (AvgIpc) is 3.20. The van der Waals surface area contributed by atoms with Gasteiger partial charge in [-0.1, -0.05) is 30.3 Å². The fourth-order valence-corrected chi connectivity index (χ4v) is 2.69. The molecule has 2 aromatic carbocycles. The summed E-state index contributed by atoms with van der Waals surface area (Å²) in [5.74, 6) is 1.38. The third-order valence-corrected chi connectivity index (χ3v) is 4.23. The number of aromatic nitrogens is 1. The van der Waals surface area contributed by atoms with Crippen LogP contribution in [0.25, 0.3) is 11.5 Å². The molecule has 6 nitrogen and oxygen atoms in total. The molecule has 1 aromatic heterocycles. The van der Waals surface area contributed by atoms with Crippen molar-refractivity contribution in [1.29, 1.82) is 0 Å². The number of guanidine groups is 1. The topological polar surface area (TPSA) is 65.7 Å². The predicted molar refractivity (Wildman–Crippen MR) is 130 cm³/mol. The molecule has 2 N–H and O–H groups in total. The largest absolute Gasteiger partial charge is 0.444 e. The molecule has 1 heterocycles. The monoisotopic (exact) mass is 505 g/mol. The summed E-state index contributed by atoms with van der Waals surface area (Å²) in [6, 6.07) is 18.3. The number of nitrogens with zero attached hydrogens (tertiary/aromatic N) is 3. The van der Waals surface area contributed by atoms with Gasteiger partial charge >= 0.3 is 0 Å². The second kappa shape index (κ2) is 11.5. The molecule has 0 unspecified atom stereocenters. The van der Waals surface area contributed by atoms with Crippen LogP contribution in [0.15, 0.2) is 70.3 Å². The zero-order valence-corrected chi connectivity index (χ0v) is 19.4. The molecule has 0 fully saturated rings. The predicted octanol–water partition coefficient (Wildman–Crippen LogP) is 4.28. The van der Waals surface area contributed by atoms with E-state index < -0.39 is 0 Å². The van der Waals surface area contributed by atoms with Crippen molar-refractivity contribution in [3.05, 3.63) is 72.1 Å². The van der Waals surface area contributed by atoms with Crippen molar-refractivity contribution in [3.63, 3.8) is 0 Å². The third kappa shape index (κ3) is 6.77. The number of hydrogen-bond acceptors (Lipinski definition) is 4. The van der Waals surface area contributed by atoms with Crippen LogP contribution >= 0.6 is 24.0 Å². The number of hydrogen-bond donors (Lipinski definition) is 2. The number of anilines is 1. The lowest BCUT2D eigenvalue weighted by Crippen LogP contribution is -2.36. The number of rotatable bonds is 7. The summed E-state index contributed by atoms with van der Waals surface area (Å²) in [6.45, 7) is 3.99. The summed E-state index contributed by atoms with van der Waals surface area (Å²) >= 11 is 0. The minimum atomic E-state index is 0. The first-order chi connectivity index (χ1) is 13.7. The Kier molecular flexibility index (Phi) is 8.98. The van der Waals surface area contributed by atoms with Gasteiger partial charge in [0, 0.05) is 31.9 Å². The van der Waals surface area contributed by atoms with Crippen LogP contribution in [-0.4, -0.2) is 31.6 Å². The molecule has 0 aliphatic carbocycles. The van der Waals surface area contributed by atoms with E-state index in [2.05, 4.69) is 49.8 Å². The summed E-state index contributed by atoms with van der Waals surface area (Å²) in [5.41, 5.74) is 4.14. The van der Waals surface area contributed by atoms with E-state index in [4.69, 9.17) is 4.42 Å². The Hall–Kier alpha value is -2.55. The van der Waals surface area contributed by atoms with E-state index in [0.717, 1.165) is 29.3 Å². The highest BCUT2D eigenvalue weighted by Crippen LogP contribution is 2.17. The molecular weight excluding hydrogens is 477 g/mol. The molecule has 29 heavy (non-hydrogen) atoms. The molecule has 3 aromatic rings. The molecule has 0 spiro atoms. The zero-order chi connectivity index (χ0) is 19.8. The zero-order valence-electron chi connectivity index (χ0n) is 17.1. The standard InChI is InChI=1S/C22H27N5O.HI/c1-4-23-22(24-14-17-10-12-20(13-11-17)27(2)3)25-15-19-16-28-21(26-19)18-8-6-5-7-9-18;/h5-13,16H,4,14-15H2,1-3H3,(H2,23,24,25);1H. The number of benzene rings is 2. The fraction of sp³-hybridized carbons (Fsp3) is 0.273. The van der Waals surface area contributed by atoms with E-state index in [1.807, 2.05) is 51.4 Å². The van der Waals surface area contributed by atoms with Crippen LogP contribution < -0.4 is 15.5 Å². The second-order valence-corrected chi connectivity index (χ2v) is 6.62. The van der Waals surface area contributed by atoms with Crippen molar-refractivity contribution in [2.45, 2.75) is 20.0 Å². The van der Waals surface area contributed by atoms with Crippen LogP contribution in [0.2, 0.25) is 0 Å². The van der Waals surface area contributed by atoms with Crippen molar-refractivity contribution in [1.82, 2.24) is 15.6 Å². The molecule has 0 saturated carbocycles. The lowest BCUT2D eigenvalue weighted by molar-refractivity contribution is 0.572. The Balaban J connectivity index is 0.00000300. The van der Waals surface area contributed by atoms with E-state index in [1.165, 1.54) is 5.69 Å². The van der Waals surface area contributed by atoms with Crippen LogP contribution in [0.5, 0.6) is 0 Å². The van der Waals surface area contributed by atoms with Gasteiger partial charge in [-0.05, 0) is 36.8 Å². The molecule has 0 radical (unpaired) electrons. The number of halogens is 1. The molecule has 0 bridgehead atoms. The summed E-state index contributed by atoms with van der Waals surface area (Å²) < 4.78 is 5.59. The molecule has 0 atom stereocenters. The van der Waals surface area contributed by atoms with Crippen LogP contribution in [0, 0.1) is 0 Å². The fourth-order valence-electron chi connectivity index (χ4n) is 2.69. The number of aliphatic imine (C=N–C) groups is 1. The van der Waals surface area contributed by atoms with Crippen LogP contribution in [0.4, 0.5) is 5.69 Å². The van der Waals surface area contributed by atoms with E-state index in [-0.39, 0.29) is 24.0 Å². The lowest BCUT2D eigenvalue weighted by Gasteiger charge is -2.13. The van der Waals surface area contributed by atoms with Gasteiger partial charge in [0.05, 0.1) is 18.8 Å². The third-order valence-electron chi connectivity index (χ3n) is 4.23. The molecule has 154 valence electrons. The van der Waals surface area contributed by atoms with Gasteiger partial charge in [0.25, 0.3) is 0 Å². The van der Waals surface area contributed by atoms with E-state index in [0.29, 0.717) is 19.0 Å². The molecule has 0 amide bonds. The first kappa shape index (κ1) is 22.7. The Morgan fingerprint density at radius 2 is 1.76 bits per heavy atom. The lowest BCUT2D eigenvalue weighted by atomic mass is 10.2. The minimum absolute atomic E-state index is 0. The Morgan fingerprint density at radius 1 is 1.03 bits per heavy atom. The normalized spacial score (nSPS) is 10.9. The van der Waals surface area contributed by atoms with Crippen molar-refractivity contribution in [3.8, 4) is 11.5 Å². The highest BCUT2D eigenvalue weighted by atomic mass is 127. The van der Waals surface area contributed by atoms with Gasteiger partial charge in [-0.25, -0.2) is 9.98 Å². The Bertz CT molecular complexity index is 891. The van der Waals surface area contributed by atoms with Gasteiger partial charge in [0.15, 0.2) is 5.96 Å². The van der Waals surface area contributed by atoms with Crippen LogP contribution in [0.1, 0.15) is 18.2 Å². The maximum Gasteiger partial charge on any atom is 0.226 e. The van der Waals surface area contributed by atoms with Gasteiger partial charge in [-0.3, -0.25) is 0 Å². The summed E-state index contributed by atoms with van der Waals surface area (Å²) in [5, 5.41) is 6.57. The van der Waals surface area contributed by atoms with Gasteiger partial charge in [-0.15, -0.1) is 24.0 Å². The SMILES string of the molecule is CCNC(=NCc1ccc(N(C)C)cc1)NCc1coc(-c2ccccc2)n1.I. The molecular formula is C22H28IN5O. The highest BCUT2D eigenvalue weighted by Gasteiger charge is 2.07. The van der Waals surface area contributed by atoms with Crippen molar-refractivity contribution in [2.24, 2.45) is 4.99 Å². The molecule has 0 aliphatic heterocycles. The number of oxazole rings is 1. The minimum Gasteiger partial charge on any atom is -0.444 e. The molecule has 3 rings (SSSR count). The number of nitrogens with one attached hydrogen (secondary N) is 2. The quantitative estimate of drug-likeness (QED) is 0.285. The van der Waals surface area contributed by atoms with Crippen molar-refractivity contribution < 1.29 is 4.42 Å². The molecule has 0 saturated heterocycles. The molecule has 0 aliphatic rings. The second-order valence-electron chi connectivity index (χ2n) is 6.62. The first-order valence-electron chi connectivity index (χ1n) is 9.44. The Labute approximate surface area is 189 Å². The average molecular weight is 505 g/mol. The van der Waals surface area contributed by atoms with Crippen LogP contribution in [-0.2, 0) is 13.1 Å². The molecule has 7 heteroatoms. The van der Waals surface area contributed by atoms with Gasteiger partial charge < -0.3 is 20.0 Å². The Morgan fingerprint density at radius 3 is 2.41 bits per heavy atom. The van der Waals surface area contributed by atoms with E-state index in [1.54, 1.807) is 6.26 Å². The smallest absolute Gasteiger partial charge is 0.226 e. The summed E-state index contributed by atoms with van der Waals surface area (Å²) in [4.78, 5) is 11.3. The maximum atomic E-state index is 5.59. The van der Waals surface area contributed by atoms with Crippen molar-refractivity contribution >= 4 is 35.6 Å². The summed E-state index contributed by atoms with van der Waals surface area (Å²) in [7, 11) is 4.07. The van der Waals surface area contributed by atoms with Crippen molar-refractivity contribution in [2.75, 3.05) is 25.5 Å². The highest BCUT2D eigenvalue weighted by molar-refractivity contribution is 14.0. The van der Waals surface area contributed by atoms with Crippen LogP contribution in [0.3, 0.4) is 0 Å². The van der Waals surface area contributed by atoms with Gasteiger partial charge in [0.1, 0.15) is 6.26 Å². The summed E-state index contributed by atoms with van der Waals surface area (Å²) in [6.07, 6.45) is 1.68. The van der Waals surface area contributed by atoms with E-state index >= 15 is 0 Å². The first-order valence-corrected chi connectivity index (χ1v) is 9.44. The van der Waals surface area contributed by atoms with Gasteiger partial charge in [0.2, 0.25) is 5.89 Å². The van der Waals surface area contributed by atoms with Gasteiger partial charge in [-0.2, -0.15) is 0 Å². The van der Waals surface area contributed by atoms with E-state index in [9.17, 15) is 0 Å². The maximum absolute atomic E-state index is 5.59.